The molecule has 2 N–H and O–H groups in total. The fourth-order valence-corrected chi connectivity index (χ4v) is 3.26. The van der Waals surface area contributed by atoms with Crippen molar-refractivity contribution in [3.8, 4) is 0 Å². The van der Waals surface area contributed by atoms with Gasteiger partial charge in [-0.25, -0.2) is 0 Å². The molecule has 1 amide bonds. The van der Waals surface area contributed by atoms with Gasteiger partial charge in [-0.15, -0.1) is 0 Å². The minimum absolute atomic E-state index is 0.0361. The predicted molar refractivity (Wildman–Crippen MR) is 71.5 cm³/mol. The van der Waals surface area contributed by atoms with Crippen molar-refractivity contribution in [1.29, 1.82) is 0 Å². The molecule has 2 heterocycles. The topological polar surface area (TPSA) is 44.9 Å². The summed E-state index contributed by atoms with van der Waals surface area (Å²) >= 11 is 1.90. The highest BCUT2D eigenvalue weighted by molar-refractivity contribution is 7.99. The molecular formula is C13H14N2OS. The lowest BCUT2D eigenvalue weighted by Gasteiger charge is -2.11. The van der Waals surface area contributed by atoms with Gasteiger partial charge in [0.05, 0.1) is 0 Å². The highest BCUT2D eigenvalue weighted by Gasteiger charge is 2.18. The number of carbonyl (C=O) groups excluding carboxylic acids is 1. The number of benzene rings is 1. The summed E-state index contributed by atoms with van der Waals surface area (Å²) < 4.78 is 0. The normalized spacial score (nSPS) is 19.6. The van der Waals surface area contributed by atoms with Gasteiger partial charge in [-0.2, -0.15) is 11.8 Å². The van der Waals surface area contributed by atoms with Gasteiger partial charge in [0.25, 0.3) is 5.91 Å². The molecule has 1 aliphatic heterocycles. The summed E-state index contributed by atoms with van der Waals surface area (Å²) in [4.78, 5) is 15.2. The Hall–Kier alpha value is -1.42. The van der Waals surface area contributed by atoms with Crippen LogP contribution in [0, 0.1) is 0 Å². The molecule has 1 atom stereocenters. The fourth-order valence-electron chi connectivity index (χ4n) is 2.11. The molecule has 1 aliphatic rings. The summed E-state index contributed by atoms with van der Waals surface area (Å²) in [5.41, 5.74) is 1.75. The number of nitrogens with one attached hydrogen (secondary N) is 2. The Morgan fingerprint density at radius 3 is 3.18 bits per heavy atom. The number of rotatable bonds is 2. The summed E-state index contributed by atoms with van der Waals surface area (Å²) in [5.74, 6) is 2.23. The van der Waals surface area contributed by atoms with Gasteiger partial charge in [0.2, 0.25) is 0 Å². The number of hydrogen-bond donors (Lipinski definition) is 2. The highest BCUT2D eigenvalue weighted by atomic mass is 32.2. The van der Waals surface area contributed by atoms with Crippen LogP contribution >= 0.6 is 11.8 Å². The van der Waals surface area contributed by atoms with E-state index in [9.17, 15) is 4.79 Å². The van der Waals surface area contributed by atoms with Gasteiger partial charge in [0, 0.05) is 29.1 Å². The van der Waals surface area contributed by atoms with Crippen LogP contribution in [-0.2, 0) is 0 Å². The van der Waals surface area contributed by atoms with Crippen LogP contribution < -0.4 is 5.32 Å². The Morgan fingerprint density at radius 2 is 2.35 bits per heavy atom. The van der Waals surface area contributed by atoms with Crippen LogP contribution in [0.5, 0.6) is 0 Å². The van der Waals surface area contributed by atoms with E-state index in [-0.39, 0.29) is 5.91 Å². The van der Waals surface area contributed by atoms with Gasteiger partial charge < -0.3 is 10.3 Å². The maximum absolute atomic E-state index is 12.0. The van der Waals surface area contributed by atoms with Crippen LogP contribution in [0.25, 0.3) is 10.9 Å². The number of aromatic nitrogens is 1. The number of amides is 1. The number of aromatic amines is 1. The molecule has 3 nitrogen and oxygen atoms in total. The van der Waals surface area contributed by atoms with Gasteiger partial charge in [-0.3, -0.25) is 4.79 Å². The van der Waals surface area contributed by atoms with Crippen molar-refractivity contribution in [2.75, 3.05) is 11.5 Å². The third-order valence-corrected chi connectivity index (χ3v) is 4.24. The van der Waals surface area contributed by atoms with Gasteiger partial charge in [0.15, 0.2) is 0 Å². The Labute approximate surface area is 104 Å². The largest absolute Gasteiger partial charge is 0.361 e. The smallest absolute Gasteiger partial charge is 0.251 e. The Kier molecular flexibility index (Phi) is 2.81. The number of fused-ring (bicyclic) bond motifs is 1. The average Bonchev–Trinajstić information content (AvgIpc) is 2.97. The Bertz CT molecular complexity index is 543. The Balaban J connectivity index is 1.79. The lowest BCUT2D eigenvalue weighted by molar-refractivity contribution is 0.0941. The van der Waals surface area contributed by atoms with Crippen molar-refractivity contribution in [2.45, 2.75) is 12.5 Å². The van der Waals surface area contributed by atoms with E-state index in [4.69, 9.17) is 0 Å². The second-order valence-electron chi connectivity index (χ2n) is 4.31. The zero-order chi connectivity index (χ0) is 11.7. The van der Waals surface area contributed by atoms with Crippen LogP contribution in [0.15, 0.2) is 30.5 Å². The van der Waals surface area contributed by atoms with Gasteiger partial charge >= 0.3 is 0 Å². The van der Waals surface area contributed by atoms with E-state index >= 15 is 0 Å². The number of thioether (sulfide) groups is 1. The van der Waals surface area contributed by atoms with Crippen molar-refractivity contribution in [3.05, 3.63) is 36.0 Å². The summed E-state index contributed by atoms with van der Waals surface area (Å²) in [6, 6.07) is 8.11. The molecule has 0 saturated carbocycles. The van der Waals surface area contributed by atoms with Crippen LogP contribution in [0.1, 0.15) is 16.8 Å². The van der Waals surface area contributed by atoms with Crippen LogP contribution in [0.4, 0.5) is 0 Å². The first-order valence-electron chi connectivity index (χ1n) is 5.79. The minimum Gasteiger partial charge on any atom is -0.361 e. The number of carbonyl (C=O) groups is 1. The quantitative estimate of drug-likeness (QED) is 0.854. The van der Waals surface area contributed by atoms with E-state index in [0.717, 1.165) is 34.4 Å². The van der Waals surface area contributed by atoms with Crippen LogP contribution in [-0.4, -0.2) is 28.4 Å². The molecule has 1 saturated heterocycles. The molecule has 0 aliphatic carbocycles. The molecule has 3 rings (SSSR count). The third-order valence-electron chi connectivity index (χ3n) is 3.08. The van der Waals surface area contributed by atoms with Gasteiger partial charge in [0.1, 0.15) is 0 Å². The first-order chi connectivity index (χ1) is 8.33. The standard InChI is InChI=1S/C13H14N2OS/c16-13(15-11-4-6-17-8-11)10-2-1-9-3-5-14-12(9)7-10/h1-3,5,7,11,14H,4,6,8H2,(H,15,16). The van der Waals surface area contributed by atoms with Crippen molar-refractivity contribution in [1.82, 2.24) is 10.3 Å². The molecular weight excluding hydrogens is 232 g/mol. The van der Waals surface area contributed by atoms with E-state index in [1.54, 1.807) is 0 Å². The lowest BCUT2D eigenvalue weighted by atomic mass is 10.1. The highest BCUT2D eigenvalue weighted by Crippen LogP contribution is 2.18. The predicted octanol–water partition coefficient (Wildman–Crippen LogP) is 2.40. The summed E-state index contributed by atoms with van der Waals surface area (Å²) in [6.07, 6.45) is 2.97. The summed E-state index contributed by atoms with van der Waals surface area (Å²) in [7, 11) is 0. The molecule has 1 fully saturated rings. The molecule has 0 bridgehead atoms. The van der Waals surface area contributed by atoms with Crippen molar-refractivity contribution in [2.24, 2.45) is 0 Å². The summed E-state index contributed by atoms with van der Waals surface area (Å²) in [5, 5.41) is 4.22. The summed E-state index contributed by atoms with van der Waals surface area (Å²) in [6.45, 7) is 0. The first-order valence-corrected chi connectivity index (χ1v) is 6.94. The van der Waals surface area contributed by atoms with Crippen molar-refractivity contribution in [3.63, 3.8) is 0 Å². The molecule has 1 aromatic carbocycles. The van der Waals surface area contributed by atoms with Crippen molar-refractivity contribution >= 4 is 28.6 Å². The van der Waals surface area contributed by atoms with E-state index in [1.165, 1.54) is 0 Å². The van der Waals surface area contributed by atoms with Crippen LogP contribution in [0.2, 0.25) is 0 Å². The second kappa shape index (κ2) is 4.45. The molecule has 4 heteroatoms. The molecule has 88 valence electrons. The van der Waals surface area contributed by atoms with Gasteiger partial charge in [-0.05, 0) is 35.8 Å². The monoisotopic (exact) mass is 246 g/mol. The van der Waals surface area contributed by atoms with E-state index in [2.05, 4.69) is 10.3 Å². The zero-order valence-electron chi connectivity index (χ0n) is 9.40. The molecule has 2 aromatic rings. The van der Waals surface area contributed by atoms with Crippen LogP contribution in [0.3, 0.4) is 0 Å². The fraction of sp³-hybridized carbons (Fsp3) is 0.308. The molecule has 0 radical (unpaired) electrons. The van der Waals surface area contributed by atoms with Crippen molar-refractivity contribution < 1.29 is 4.79 Å². The first kappa shape index (κ1) is 10.7. The Morgan fingerprint density at radius 1 is 1.41 bits per heavy atom. The van der Waals surface area contributed by atoms with Gasteiger partial charge in [-0.1, -0.05) is 6.07 Å². The minimum atomic E-state index is 0.0361. The maximum Gasteiger partial charge on any atom is 0.251 e. The number of H-pyrrole nitrogens is 1. The van der Waals surface area contributed by atoms with E-state index in [0.29, 0.717) is 6.04 Å². The second-order valence-corrected chi connectivity index (χ2v) is 5.46. The SMILES string of the molecule is O=C(NC1CCSC1)c1ccc2cc[nH]c2c1. The number of hydrogen-bond acceptors (Lipinski definition) is 2. The average molecular weight is 246 g/mol. The maximum atomic E-state index is 12.0. The lowest BCUT2D eigenvalue weighted by Crippen LogP contribution is -2.34. The van der Waals surface area contributed by atoms with E-state index in [1.807, 2.05) is 42.2 Å². The molecule has 1 aromatic heterocycles. The molecule has 1 unspecified atom stereocenters. The molecule has 0 spiro atoms. The zero-order valence-corrected chi connectivity index (χ0v) is 10.2. The molecule has 17 heavy (non-hydrogen) atoms. The third kappa shape index (κ3) is 2.17. The van der Waals surface area contributed by atoms with E-state index < -0.39 is 0 Å².